The predicted octanol–water partition coefficient (Wildman–Crippen LogP) is 2.85. The quantitative estimate of drug-likeness (QED) is 0.591. The number of carbonyl (C=O) groups excluding carboxylic acids is 1. The average molecular weight is 417 g/mol. The molecule has 4 rings (SSSR count). The molecular weight excluding hydrogens is 398 g/mol. The maximum Gasteiger partial charge on any atom is 0.269 e. The van der Waals surface area contributed by atoms with Crippen molar-refractivity contribution in [2.24, 2.45) is 0 Å². The molecule has 1 amide bonds. The molecule has 9 nitrogen and oxygen atoms in total. The first kappa shape index (κ1) is 18.9. The van der Waals surface area contributed by atoms with Crippen LogP contribution in [0.15, 0.2) is 24.3 Å². The van der Waals surface area contributed by atoms with E-state index in [9.17, 15) is 4.79 Å². The Hall–Kier alpha value is -3.40. The number of carbonyl (C=O) groups is 1. The fourth-order valence-corrected chi connectivity index (χ4v) is 3.74. The topological polar surface area (TPSA) is 100 Å². The van der Waals surface area contributed by atoms with Crippen molar-refractivity contribution in [3.05, 3.63) is 29.8 Å². The summed E-state index contributed by atoms with van der Waals surface area (Å²) < 4.78 is 27.9. The van der Waals surface area contributed by atoms with Crippen LogP contribution in [0.5, 0.6) is 28.7 Å². The first-order valence-corrected chi connectivity index (χ1v) is 9.51. The van der Waals surface area contributed by atoms with Gasteiger partial charge in [0.15, 0.2) is 23.0 Å². The van der Waals surface area contributed by atoms with Gasteiger partial charge in [0.25, 0.3) is 5.91 Å². The zero-order chi connectivity index (χ0) is 20.4. The maximum atomic E-state index is 12.6. The molecule has 0 spiro atoms. The third-order valence-electron chi connectivity index (χ3n) is 4.26. The normalized spacial score (nSPS) is 12.4. The number of rotatable bonds is 6. The van der Waals surface area contributed by atoms with E-state index in [-0.39, 0.29) is 5.91 Å². The predicted molar refractivity (Wildman–Crippen MR) is 108 cm³/mol. The van der Waals surface area contributed by atoms with Gasteiger partial charge in [-0.15, -0.1) is 0 Å². The molecule has 1 aromatic heterocycles. The summed E-state index contributed by atoms with van der Waals surface area (Å²) in [5.74, 6) is 2.18. The Morgan fingerprint density at radius 2 is 1.66 bits per heavy atom. The molecule has 0 fully saturated rings. The van der Waals surface area contributed by atoms with Crippen molar-refractivity contribution in [1.29, 1.82) is 0 Å². The molecule has 10 heteroatoms. The Labute approximate surface area is 170 Å². The fraction of sp³-hybridized carbons (Fsp3) is 0.263. The lowest BCUT2D eigenvalue weighted by Gasteiger charge is -2.17. The zero-order valence-electron chi connectivity index (χ0n) is 16.0. The molecule has 0 saturated carbocycles. The first-order chi connectivity index (χ1) is 14.1. The number of benzene rings is 2. The summed E-state index contributed by atoms with van der Waals surface area (Å²) >= 11 is 1.39. The van der Waals surface area contributed by atoms with Crippen LogP contribution in [0.25, 0.3) is 10.2 Å². The largest absolute Gasteiger partial charge is 0.493 e. The van der Waals surface area contributed by atoms with Crippen LogP contribution >= 0.6 is 11.3 Å². The second-order valence-corrected chi connectivity index (χ2v) is 7.01. The van der Waals surface area contributed by atoms with E-state index in [4.69, 9.17) is 23.7 Å². The van der Waals surface area contributed by atoms with Gasteiger partial charge in [-0.3, -0.25) is 15.6 Å². The Morgan fingerprint density at radius 1 is 1.00 bits per heavy atom. The van der Waals surface area contributed by atoms with Gasteiger partial charge in [0, 0.05) is 17.7 Å². The van der Waals surface area contributed by atoms with Crippen molar-refractivity contribution in [3.63, 3.8) is 0 Å². The van der Waals surface area contributed by atoms with Gasteiger partial charge in [0.2, 0.25) is 10.9 Å². The minimum absolute atomic E-state index is 0.338. The van der Waals surface area contributed by atoms with Crippen molar-refractivity contribution in [2.45, 2.75) is 0 Å². The van der Waals surface area contributed by atoms with Gasteiger partial charge < -0.3 is 23.7 Å². The molecule has 0 aliphatic carbocycles. The van der Waals surface area contributed by atoms with Crippen LogP contribution < -0.4 is 34.5 Å². The third kappa shape index (κ3) is 3.66. The van der Waals surface area contributed by atoms with E-state index < -0.39 is 0 Å². The van der Waals surface area contributed by atoms with Crippen LogP contribution in [0.4, 0.5) is 5.13 Å². The van der Waals surface area contributed by atoms with Crippen LogP contribution in [0, 0.1) is 0 Å². The Bertz CT molecular complexity index is 1000. The second-order valence-electron chi connectivity index (χ2n) is 5.98. The molecule has 1 aliphatic heterocycles. The molecule has 29 heavy (non-hydrogen) atoms. The fourth-order valence-electron chi connectivity index (χ4n) is 2.91. The first-order valence-electron chi connectivity index (χ1n) is 8.69. The highest BCUT2D eigenvalue weighted by molar-refractivity contribution is 7.22. The highest BCUT2D eigenvalue weighted by atomic mass is 32.1. The molecule has 0 saturated heterocycles. The van der Waals surface area contributed by atoms with Crippen LogP contribution in [0.2, 0.25) is 0 Å². The van der Waals surface area contributed by atoms with E-state index in [2.05, 4.69) is 15.8 Å². The summed E-state index contributed by atoms with van der Waals surface area (Å²) in [5.41, 5.74) is 6.56. The Morgan fingerprint density at radius 3 is 2.28 bits per heavy atom. The summed E-state index contributed by atoms with van der Waals surface area (Å²) in [5, 5.41) is 0.531. The van der Waals surface area contributed by atoms with Crippen molar-refractivity contribution in [1.82, 2.24) is 10.4 Å². The molecule has 152 valence electrons. The van der Waals surface area contributed by atoms with E-state index in [1.807, 2.05) is 12.1 Å². The lowest BCUT2D eigenvalue weighted by atomic mass is 10.1. The van der Waals surface area contributed by atoms with Gasteiger partial charge in [0.05, 0.1) is 31.5 Å². The highest BCUT2D eigenvalue weighted by Crippen LogP contribution is 2.39. The molecule has 2 heterocycles. The molecule has 0 radical (unpaired) electrons. The number of thiazole rings is 1. The minimum Gasteiger partial charge on any atom is -0.493 e. The molecule has 3 aromatic rings. The summed E-state index contributed by atoms with van der Waals surface area (Å²) in [7, 11) is 4.49. The number of hydrogen-bond donors (Lipinski definition) is 2. The van der Waals surface area contributed by atoms with Gasteiger partial charge in [-0.1, -0.05) is 11.3 Å². The van der Waals surface area contributed by atoms with E-state index in [0.29, 0.717) is 52.7 Å². The molecule has 0 bridgehead atoms. The summed E-state index contributed by atoms with van der Waals surface area (Å²) in [4.78, 5) is 17.1. The molecule has 2 N–H and O–H groups in total. The molecule has 2 aromatic carbocycles. The summed E-state index contributed by atoms with van der Waals surface area (Å²) in [6.07, 6.45) is 0. The number of nitrogens with one attached hydrogen (secondary N) is 2. The number of methoxy groups -OCH3 is 3. The smallest absolute Gasteiger partial charge is 0.269 e. The van der Waals surface area contributed by atoms with Gasteiger partial charge in [-0.05, 0) is 12.1 Å². The van der Waals surface area contributed by atoms with Crippen molar-refractivity contribution < 1.29 is 28.5 Å². The van der Waals surface area contributed by atoms with Crippen LogP contribution in [-0.2, 0) is 0 Å². The molecule has 1 aliphatic rings. The van der Waals surface area contributed by atoms with E-state index in [1.165, 1.54) is 32.7 Å². The highest BCUT2D eigenvalue weighted by Gasteiger charge is 2.18. The van der Waals surface area contributed by atoms with Gasteiger partial charge in [-0.2, -0.15) is 0 Å². The Kier molecular flexibility index (Phi) is 5.17. The van der Waals surface area contributed by atoms with Gasteiger partial charge in [-0.25, -0.2) is 4.98 Å². The average Bonchev–Trinajstić information content (AvgIpc) is 3.16. The third-order valence-corrected chi connectivity index (χ3v) is 5.20. The number of anilines is 1. The minimum atomic E-state index is -0.380. The monoisotopic (exact) mass is 417 g/mol. The lowest BCUT2D eigenvalue weighted by molar-refractivity contribution is 0.0962. The van der Waals surface area contributed by atoms with E-state index in [0.717, 1.165) is 10.2 Å². The van der Waals surface area contributed by atoms with Crippen LogP contribution in [0.1, 0.15) is 10.4 Å². The van der Waals surface area contributed by atoms with E-state index >= 15 is 0 Å². The maximum absolute atomic E-state index is 12.6. The van der Waals surface area contributed by atoms with Crippen molar-refractivity contribution in [2.75, 3.05) is 40.0 Å². The number of fused-ring (bicyclic) bond motifs is 2. The van der Waals surface area contributed by atoms with Gasteiger partial charge in [0.1, 0.15) is 13.2 Å². The second kappa shape index (κ2) is 7.92. The van der Waals surface area contributed by atoms with Crippen LogP contribution in [-0.4, -0.2) is 45.4 Å². The van der Waals surface area contributed by atoms with Crippen LogP contribution in [0.3, 0.4) is 0 Å². The molecule has 0 atom stereocenters. The number of hydrazine groups is 1. The zero-order valence-corrected chi connectivity index (χ0v) is 16.8. The summed E-state index contributed by atoms with van der Waals surface area (Å²) in [6, 6.07) is 6.85. The summed E-state index contributed by atoms with van der Waals surface area (Å²) in [6.45, 7) is 1.03. The van der Waals surface area contributed by atoms with Crippen molar-refractivity contribution in [3.8, 4) is 28.7 Å². The standard InChI is InChI=1S/C19H19N3O6S/c1-24-14-6-10(7-15(25-2)17(14)26-3)18(23)21-22-19-20-11-8-12-13(9-16(11)29-19)28-5-4-27-12/h6-9H,4-5H2,1-3H3,(H,20,22)(H,21,23). The molecular formula is C19H19N3O6S. The lowest BCUT2D eigenvalue weighted by Crippen LogP contribution is -2.29. The number of amides is 1. The van der Waals surface area contributed by atoms with Gasteiger partial charge >= 0.3 is 0 Å². The van der Waals surface area contributed by atoms with E-state index in [1.54, 1.807) is 12.1 Å². The SMILES string of the molecule is COc1cc(C(=O)NNc2nc3cc4c(cc3s2)OCCO4)cc(OC)c1OC. The number of hydrogen-bond acceptors (Lipinski definition) is 9. The van der Waals surface area contributed by atoms with Crippen molar-refractivity contribution >= 4 is 32.6 Å². The Balaban J connectivity index is 1.52. The number of nitrogens with zero attached hydrogens (tertiary/aromatic N) is 1. The number of aromatic nitrogens is 1. The molecule has 0 unspecified atom stereocenters. The number of ether oxygens (including phenoxy) is 5.